The van der Waals surface area contributed by atoms with Crippen molar-refractivity contribution in [2.75, 3.05) is 13.7 Å². The predicted octanol–water partition coefficient (Wildman–Crippen LogP) is 1.88. The minimum Gasteiger partial charge on any atom is -0.388 e. The molecule has 7 heteroatoms. The van der Waals surface area contributed by atoms with Crippen molar-refractivity contribution in [2.45, 2.75) is 13.2 Å². The first-order chi connectivity index (χ1) is 9.17. The lowest BCUT2D eigenvalue weighted by molar-refractivity contribution is 0.183. The van der Waals surface area contributed by atoms with Crippen LogP contribution >= 0.6 is 11.6 Å². The summed E-state index contributed by atoms with van der Waals surface area (Å²) in [5, 5.41) is 17.1. The van der Waals surface area contributed by atoms with E-state index in [9.17, 15) is 9.50 Å². The number of aliphatic hydroxyl groups is 1. The standard InChI is InChI=1S/C12H13ClFN3O2/c1-19-5-4-17-11(7-18)15-16-12(17)8-2-3-9(13)10(14)6-8/h2-3,6,18H,4-5,7H2,1H3. The first-order valence-corrected chi connectivity index (χ1v) is 6.02. The molecule has 102 valence electrons. The maximum absolute atomic E-state index is 13.5. The fourth-order valence-corrected chi connectivity index (χ4v) is 1.84. The largest absolute Gasteiger partial charge is 0.388 e. The first kappa shape index (κ1) is 13.9. The topological polar surface area (TPSA) is 60.2 Å². The number of hydrogen-bond donors (Lipinski definition) is 1. The highest BCUT2D eigenvalue weighted by molar-refractivity contribution is 6.30. The molecule has 1 aromatic heterocycles. The fraction of sp³-hybridized carbons (Fsp3) is 0.333. The highest BCUT2D eigenvalue weighted by atomic mass is 35.5. The number of methoxy groups -OCH3 is 1. The normalized spacial score (nSPS) is 10.9. The summed E-state index contributed by atoms with van der Waals surface area (Å²) in [5.74, 6) is 0.352. The van der Waals surface area contributed by atoms with Crippen LogP contribution in [0, 0.1) is 5.82 Å². The molecule has 0 saturated heterocycles. The summed E-state index contributed by atoms with van der Waals surface area (Å²) in [5.41, 5.74) is 0.546. The van der Waals surface area contributed by atoms with Crippen LogP contribution in [0.2, 0.25) is 5.02 Å². The Hall–Kier alpha value is -1.50. The average Bonchev–Trinajstić information content (AvgIpc) is 2.82. The number of rotatable bonds is 5. The lowest BCUT2D eigenvalue weighted by Crippen LogP contribution is -2.10. The zero-order chi connectivity index (χ0) is 13.8. The highest BCUT2D eigenvalue weighted by Crippen LogP contribution is 2.23. The molecule has 1 aromatic carbocycles. The van der Waals surface area contributed by atoms with Crippen LogP contribution in [0.3, 0.4) is 0 Å². The molecule has 19 heavy (non-hydrogen) atoms. The molecule has 2 rings (SSSR count). The van der Waals surface area contributed by atoms with Gasteiger partial charge in [0.1, 0.15) is 12.4 Å². The molecule has 0 aliphatic carbocycles. The Balaban J connectivity index is 2.42. The van der Waals surface area contributed by atoms with E-state index in [2.05, 4.69) is 10.2 Å². The summed E-state index contributed by atoms with van der Waals surface area (Å²) in [7, 11) is 1.57. The van der Waals surface area contributed by atoms with Crippen molar-refractivity contribution < 1.29 is 14.2 Å². The van der Waals surface area contributed by atoms with Crippen LogP contribution in [0.1, 0.15) is 5.82 Å². The van der Waals surface area contributed by atoms with Crippen LogP contribution in [0.25, 0.3) is 11.4 Å². The van der Waals surface area contributed by atoms with Crippen molar-refractivity contribution in [3.05, 3.63) is 34.9 Å². The summed E-state index contributed by atoms with van der Waals surface area (Å²) < 4.78 is 20.2. The monoisotopic (exact) mass is 285 g/mol. The fourth-order valence-electron chi connectivity index (χ4n) is 1.72. The highest BCUT2D eigenvalue weighted by Gasteiger charge is 2.14. The molecule has 5 nitrogen and oxygen atoms in total. The van der Waals surface area contributed by atoms with Gasteiger partial charge in [-0.15, -0.1) is 10.2 Å². The molecule has 0 fully saturated rings. The third kappa shape index (κ3) is 2.91. The van der Waals surface area contributed by atoms with Crippen LogP contribution in [0.5, 0.6) is 0 Å². The average molecular weight is 286 g/mol. The van der Waals surface area contributed by atoms with Gasteiger partial charge in [0.2, 0.25) is 0 Å². The second-order valence-electron chi connectivity index (χ2n) is 3.87. The Labute approximate surface area is 114 Å². The van der Waals surface area contributed by atoms with Crippen molar-refractivity contribution in [3.8, 4) is 11.4 Å². The maximum Gasteiger partial charge on any atom is 0.164 e. The minimum atomic E-state index is -0.522. The third-order valence-electron chi connectivity index (χ3n) is 2.67. The molecule has 0 aliphatic rings. The van der Waals surface area contributed by atoms with Crippen LogP contribution in [-0.2, 0) is 17.9 Å². The molecule has 0 atom stereocenters. The van der Waals surface area contributed by atoms with Gasteiger partial charge in [-0.25, -0.2) is 4.39 Å². The van der Waals surface area contributed by atoms with Gasteiger partial charge in [-0.3, -0.25) is 0 Å². The lowest BCUT2D eigenvalue weighted by atomic mass is 10.2. The Morgan fingerprint density at radius 2 is 2.21 bits per heavy atom. The Morgan fingerprint density at radius 3 is 2.84 bits per heavy atom. The van der Waals surface area contributed by atoms with E-state index in [0.717, 1.165) is 0 Å². The molecule has 0 bridgehead atoms. The van der Waals surface area contributed by atoms with E-state index in [1.54, 1.807) is 17.7 Å². The van der Waals surface area contributed by atoms with E-state index in [-0.39, 0.29) is 11.6 Å². The molecular formula is C12H13ClFN3O2. The number of benzene rings is 1. The SMILES string of the molecule is COCCn1c(CO)nnc1-c1ccc(Cl)c(F)c1. The van der Waals surface area contributed by atoms with Gasteiger partial charge in [0, 0.05) is 19.2 Å². The molecular weight excluding hydrogens is 273 g/mol. The Morgan fingerprint density at radius 1 is 1.42 bits per heavy atom. The van der Waals surface area contributed by atoms with Crippen LogP contribution in [0.4, 0.5) is 4.39 Å². The summed E-state index contributed by atoms with van der Waals surface area (Å²) >= 11 is 5.65. The van der Waals surface area contributed by atoms with Crippen LogP contribution in [-0.4, -0.2) is 33.6 Å². The zero-order valence-corrected chi connectivity index (χ0v) is 11.1. The molecule has 0 radical (unpaired) electrons. The molecule has 1 heterocycles. The van der Waals surface area contributed by atoms with Crippen molar-refractivity contribution in [3.63, 3.8) is 0 Å². The summed E-state index contributed by atoms with van der Waals surface area (Å²) in [6.45, 7) is 0.667. The number of nitrogens with zero attached hydrogens (tertiary/aromatic N) is 3. The summed E-state index contributed by atoms with van der Waals surface area (Å²) in [6, 6.07) is 4.40. The molecule has 0 unspecified atom stereocenters. The first-order valence-electron chi connectivity index (χ1n) is 5.64. The van der Waals surface area contributed by atoms with Crippen LogP contribution < -0.4 is 0 Å². The predicted molar refractivity (Wildman–Crippen MR) is 68.2 cm³/mol. The summed E-state index contributed by atoms with van der Waals surface area (Å²) in [6.07, 6.45) is 0. The minimum absolute atomic E-state index is 0.0501. The van der Waals surface area contributed by atoms with E-state index in [4.69, 9.17) is 16.3 Å². The van der Waals surface area contributed by atoms with Crippen molar-refractivity contribution >= 4 is 11.6 Å². The van der Waals surface area contributed by atoms with Crippen molar-refractivity contribution in [1.82, 2.24) is 14.8 Å². The molecule has 2 aromatic rings. The van der Waals surface area contributed by atoms with Gasteiger partial charge in [0.15, 0.2) is 11.6 Å². The van der Waals surface area contributed by atoms with E-state index < -0.39 is 5.82 Å². The van der Waals surface area contributed by atoms with E-state index in [0.29, 0.717) is 30.4 Å². The second kappa shape index (κ2) is 6.10. The van der Waals surface area contributed by atoms with Gasteiger partial charge in [-0.05, 0) is 18.2 Å². The quantitative estimate of drug-likeness (QED) is 0.911. The van der Waals surface area contributed by atoms with Gasteiger partial charge < -0.3 is 14.4 Å². The van der Waals surface area contributed by atoms with Gasteiger partial charge >= 0.3 is 0 Å². The maximum atomic E-state index is 13.5. The smallest absolute Gasteiger partial charge is 0.164 e. The molecule has 0 amide bonds. The molecule has 1 N–H and O–H groups in total. The van der Waals surface area contributed by atoms with Gasteiger partial charge in [0.05, 0.1) is 11.6 Å². The number of hydrogen-bond acceptors (Lipinski definition) is 4. The van der Waals surface area contributed by atoms with Gasteiger partial charge in [0.25, 0.3) is 0 Å². The van der Waals surface area contributed by atoms with Crippen LogP contribution in [0.15, 0.2) is 18.2 Å². The summed E-state index contributed by atoms with van der Waals surface area (Å²) in [4.78, 5) is 0. The number of ether oxygens (including phenoxy) is 1. The van der Waals surface area contributed by atoms with E-state index >= 15 is 0 Å². The number of aromatic nitrogens is 3. The van der Waals surface area contributed by atoms with Crippen molar-refractivity contribution in [1.29, 1.82) is 0 Å². The number of halogens is 2. The molecule has 0 aliphatic heterocycles. The molecule has 0 saturated carbocycles. The zero-order valence-electron chi connectivity index (χ0n) is 10.3. The van der Waals surface area contributed by atoms with Crippen molar-refractivity contribution in [2.24, 2.45) is 0 Å². The Kier molecular flexibility index (Phi) is 4.47. The second-order valence-corrected chi connectivity index (χ2v) is 4.28. The van der Waals surface area contributed by atoms with Gasteiger partial charge in [-0.1, -0.05) is 11.6 Å². The van der Waals surface area contributed by atoms with E-state index in [1.807, 2.05) is 0 Å². The number of aliphatic hydroxyl groups excluding tert-OH is 1. The molecule has 0 spiro atoms. The third-order valence-corrected chi connectivity index (χ3v) is 2.97. The van der Waals surface area contributed by atoms with Gasteiger partial charge in [-0.2, -0.15) is 0 Å². The Bertz CT molecular complexity index is 574. The van der Waals surface area contributed by atoms with E-state index in [1.165, 1.54) is 12.1 Å². The lowest BCUT2D eigenvalue weighted by Gasteiger charge is -2.09.